The molecular formula is C25H24N2O4. The summed E-state index contributed by atoms with van der Waals surface area (Å²) in [6, 6.07) is 21.1. The number of ether oxygens (including phenoxy) is 2. The van der Waals surface area contributed by atoms with Crippen molar-refractivity contribution in [2.75, 3.05) is 20.3 Å². The van der Waals surface area contributed by atoms with Gasteiger partial charge in [0.25, 0.3) is 5.91 Å². The quantitative estimate of drug-likeness (QED) is 0.619. The zero-order valence-electron chi connectivity index (χ0n) is 17.3. The Morgan fingerprint density at radius 3 is 2.42 bits per heavy atom. The molecular weight excluding hydrogens is 392 g/mol. The van der Waals surface area contributed by atoms with Crippen molar-refractivity contribution < 1.29 is 19.1 Å². The Labute approximate surface area is 181 Å². The van der Waals surface area contributed by atoms with Crippen LogP contribution in [0.1, 0.15) is 21.5 Å². The van der Waals surface area contributed by atoms with Crippen LogP contribution in [0.4, 0.5) is 0 Å². The van der Waals surface area contributed by atoms with Crippen LogP contribution in [0.5, 0.6) is 11.5 Å². The number of hydrogen-bond acceptors (Lipinski definition) is 4. The van der Waals surface area contributed by atoms with Crippen LogP contribution in [-0.4, -0.2) is 32.1 Å². The number of nitrogens with one attached hydrogen (secondary N) is 2. The molecule has 2 N–H and O–H groups in total. The Morgan fingerprint density at radius 1 is 0.935 bits per heavy atom. The molecule has 0 saturated heterocycles. The highest BCUT2D eigenvalue weighted by Crippen LogP contribution is 2.30. The highest BCUT2D eigenvalue weighted by molar-refractivity contribution is 5.96. The van der Waals surface area contributed by atoms with E-state index in [0.29, 0.717) is 17.9 Å². The Morgan fingerprint density at radius 2 is 1.68 bits per heavy atom. The molecule has 0 aliphatic carbocycles. The highest BCUT2D eigenvalue weighted by atomic mass is 16.5. The smallest absolute Gasteiger partial charge is 0.251 e. The number of fused-ring (bicyclic) bond motifs is 1. The van der Waals surface area contributed by atoms with Gasteiger partial charge in [-0.2, -0.15) is 0 Å². The predicted molar refractivity (Wildman–Crippen MR) is 118 cm³/mol. The van der Waals surface area contributed by atoms with Gasteiger partial charge in [0.15, 0.2) is 0 Å². The zero-order valence-corrected chi connectivity index (χ0v) is 17.3. The Kier molecular flexibility index (Phi) is 6.17. The second-order valence-corrected chi connectivity index (χ2v) is 7.31. The van der Waals surface area contributed by atoms with Crippen LogP contribution in [0.15, 0.2) is 66.7 Å². The molecule has 158 valence electrons. The second kappa shape index (κ2) is 9.34. The highest BCUT2D eigenvalue weighted by Gasteiger charge is 2.13. The predicted octanol–water partition coefficient (Wildman–Crippen LogP) is 3.34. The lowest BCUT2D eigenvalue weighted by molar-refractivity contribution is -0.120. The van der Waals surface area contributed by atoms with Crippen LogP contribution in [-0.2, 0) is 17.8 Å². The summed E-state index contributed by atoms with van der Waals surface area (Å²) in [5.74, 6) is 1.10. The maximum absolute atomic E-state index is 12.1. The molecule has 6 heteroatoms. The molecule has 0 radical (unpaired) electrons. The normalized spacial score (nSPS) is 11.9. The van der Waals surface area contributed by atoms with Crippen molar-refractivity contribution in [1.82, 2.24) is 10.6 Å². The number of hydrogen-bond donors (Lipinski definition) is 2. The van der Waals surface area contributed by atoms with Gasteiger partial charge >= 0.3 is 0 Å². The third-order valence-electron chi connectivity index (χ3n) is 5.23. The zero-order chi connectivity index (χ0) is 21.6. The molecule has 0 fully saturated rings. The first-order chi connectivity index (χ1) is 15.1. The van der Waals surface area contributed by atoms with E-state index in [-0.39, 0.29) is 18.4 Å². The van der Waals surface area contributed by atoms with E-state index in [1.54, 1.807) is 31.4 Å². The van der Waals surface area contributed by atoms with Crippen LogP contribution < -0.4 is 20.1 Å². The maximum atomic E-state index is 12.1. The molecule has 1 heterocycles. The van der Waals surface area contributed by atoms with Gasteiger partial charge in [0.05, 0.1) is 20.3 Å². The second-order valence-electron chi connectivity index (χ2n) is 7.31. The van der Waals surface area contributed by atoms with Crippen molar-refractivity contribution >= 4 is 11.8 Å². The standard InChI is InChI=1S/C25H24N2O4/c1-30-22-9-6-19(7-10-22)25(29)27-16-24(28)26-15-17-2-4-18(5-3-17)20-8-11-23-21(14-20)12-13-31-23/h2-11,14H,12-13,15-16H2,1H3,(H,26,28)(H,27,29). The number of carbonyl (C=O) groups excluding carboxylic acids is 2. The molecule has 6 nitrogen and oxygen atoms in total. The van der Waals surface area contributed by atoms with Crippen LogP contribution in [0.2, 0.25) is 0 Å². The van der Waals surface area contributed by atoms with E-state index in [2.05, 4.69) is 22.8 Å². The third kappa shape index (κ3) is 5.04. The first kappa shape index (κ1) is 20.5. The first-order valence-electron chi connectivity index (χ1n) is 10.2. The van der Waals surface area contributed by atoms with E-state index in [1.165, 1.54) is 5.56 Å². The van der Waals surface area contributed by atoms with E-state index in [1.807, 2.05) is 30.3 Å². The third-order valence-corrected chi connectivity index (χ3v) is 5.23. The Hall–Kier alpha value is -3.80. The van der Waals surface area contributed by atoms with Gasteiger partial charge in [-0.15, -0.1) is 0 Å². The molecule has 0 saturated carbocycles. The average Bonchev–Trinajstić information content (AvgIpc) is 3.29. The fraction of sp³-hybridized carbons (Fsp3) is 0.200. The van der Waals surface area contributed by atoms with Crippen LogP contribution in [0, 0.1) is 0 Å². The molecule has 0 unspecified atom stereocenters. The summed E-state index contributed by atoms with van der Waals surface area (Å²) in [6.45, 7) is 1.06. The van der Waals surface area contributed by atoms with E-state index >= 15 is 0 Å². The summed E-state index contributed by atoms with van der Waals surface area (Å²) < 4.78 is 10.6. The number of methoxy groups -OCH3 is 1. The van der Waals surface area contributed by atoms with Crippen LogP contribution >= 0.6 is 0 Å². The molecule has 4 rings (SSSR count). The minimum absolute atomic E-state index is 0.0832. The van der Waals surface area contributed by atoms with Gasteiger partial charge in [0, 0.05) is 18.5 Å². The monoisotopic (exact) mass is 416 g/mol. The van der Waals surface area contributed by atoms with Gasteiger partial charge in [0.2, 0.25) is 5.91 Å². The van der Waals surface area contributed by atoms with Gasteiger partial charge in [-0.3, -0.25) is 9.59 Å². The van der Waals surface area contributed by atoms with Gasteiger partial charge in [-0.05, 0) is 58.7 Å². The molecule has 1 aliphatic rings. The van der Waals surface area contributed by atoms with Crippen molar-refractivity contribution in [3.05, 3.63) is 83.4 Å². The lowest BCUT2D eigenvalue weighted by Gasteiger charge is -2.09. The first-order valence-corrected chi connectivity index (χ1v) is 10.2. The average molecular weight is 416 g/mol. The number of rotatable bonds is 7. The van der Waals surface area contributed by atoms with Crippen molar-refractivity contribution in [1.29, 1.82) is 0 Å². The van der Waals surface area contributed by atoms with E-state index < -0.39 is 0 Å². The lowest BCUT2D eigenvalue weighted by Crippen LogP contribution is -2.36. The van der Waals surface area contributed by atoms with E-state index in [4.69, 9.17) is 9.47 Å². The van der Waals surface area contributed by atoms with Crippen molar-refractivity contribution in [2.45, 2.75) is 13.0 Å². The summed E-state index contributed by atoms with van der Waals surface area (Å²) in [5, 5.41) is 5.45. The Bertz CT molecular complexity index is 1080. The van der Waals surface area contributed by atoms with Crippen LogP contribution in [0.3, 0.4) is 0 Å². The summed E-state index contributed by atoms with van der Waals surface area (Å²) in [7, 11) is 1.56. The summed E-state index contributed by atoms with van der Waals surface area (Å²) in [6.07, 6.45) is 0.947. The molecule has 0 spiro atoms. The summed E-state index contributed by atoms with van der Waals surface area (Å²) >= 11 is 0. The molecule has 2 amide bonds. The number of amides is 2. The van der Waals surface area contributed by atoms with Gasteiger partial charge in [0.1, 0.15) is 11.5 Å². The minimum Gasteiger partial charge on any atom is -0.497 e. The summed E-state index contributed by atoms with van der Waals surface area (Å²) in [4.78, 5) is 24.2. The number of carbonyl (C=O) groups is 2. The van der Waals surface area contributed by atoms with Gasteiger partial charge < -0.3 is 20.1 Å². The topological polar surface area (TPSA) is 76.7 Å². The maximum Gasteiger partial charge on any atom is 0.251 e. The van der Waals surface area contributed by atoms with Crippen molar-refractivity contribution in [3.8, 4) is 22.6 Å². The molecule has 0 bridgehead atoms. The molecule has 3 aromatic carbocycles. The molecule has 31 heavy (non-hydrogen) atoms. The fourth-order valence-electron chi connectivity index (χ4n) is 3.45. The fourth-order valence-corrected chi connectivity index (χ4v) is 3.45. The largest absolute Gasteiger partial charge is 0.497 e. The molecule has 0 atom stereocenters. The van der Waals surface area contributed by atoms with Crippen molar-refractivity contribution in [2.24, 2.45) is 0 Å². The van der Waals surface area contributed by atoms with E-state index in [0.717, 1.165) is 35.5 Å². The summed E-state index contributed by atoms with van der Waals surface area (Å²) in [5.41, 5.74) is 4.98. The van der Waals surface area contributed by atoms with Crippen molar-refractivity contribution in [3.63, 3.8) is 0 Å². The molecule has 0 aromatic heterocycles. The minimum atomic E-state index is -0.304. The molecule has 1 aliphatic heterocycles. The van der Waals surface area contributed by atoms with Gasteiger partial charge in [-0.25, -0.2) is 0 Å². The SMILES string of the molecule is COc1ccc(C(=O)NCC(=O)NCc2ccc(-c3ccc4c(c3)CCO4)cc2)cc1. The molecule has 3 aromatic rings. The van der Waals surface area contributed by atoms with Gasteiger partial charge in [-0.1, -0.05) is 30.3 Å². The van der Waals surface area contributed by atoms with Crippen LogP contribution in [0.25, 0.3) is 11.1 Å². The van der Waals surface area contributed by atoms with E-state index in [9.17, 15) is 9.59 Å². The lowest BCUT2D eigenvalue weighted by atomic mass is 10.0. The Balaban J connectivity index is 1.26. The number of benzene rings is 3.